The predicted octanol–water partition coefficient (Wildman–Crippen LogP) is 1.23. The number of hydrogen-bond donors (Lipinski definition) is 1. The van der Waals surface area contributed by atoms with Crippen LogP contribution in [0.3, 0.4) is 0 Å². The van der Waals surface area contributed by atoms with E-state index < -0.39 is 10.0 Å². The molecule has 1 aliphatic rings. The van der Waals surface area contributed by atoms with Crippen molar-refractivity contribution < 1.29 is 8.42 Å². The molecule has 1 aromatic heterocycles. The van der Waals surface area contributed by atoms with Crippen molar-refractivity contribution in [2.75, 3.05) is 26.7 Å². The van der Waals surface area contributed by atoms with Crippen molar-refractivity contribution in [2.24, 2.45) is 5.73 Å². The number of thiophene rings is 1. The van der Waals surface area contributed by atoms with Gasteiger partial charge in [-0.25, -0.2) is 8.42 Å². The molecule has 0 aliphatic carbocycles. The minimum Gasteiger partial charge on any atom is -0.326 e. The lowest BCUT2D eigenvalue weighted by molar-refractivity contribution is 0.0801. The van der Waals surface area contributed by atoms with Crippen molar-refractivity contribution in [3.05, 3.63) is 15.8 Å². The highest BCUT2D eigenvalue weighted by molar-refractivity contribution is 7.89. The normalized spacial score (nSPS) is 21.2. The van der Waals surface area contributed by atoms with Gasteiger partial charge in [-0.1, -0.05) is 0 Å². The molecule has 114 valence electrons. The minimum absolute atomic E-state index is 0.155. The molecular formula is C13H23N3O2S2. The summed E-state index contributed by atoms with van der Waals surface area (Å²) < 4.78 is 27.4. The monoisotopic (exact) mass is 317 g/mol. The molecule has 0 bridgehead atoms. The lowest BCUT2D eigenvalue weighted by Gasteiger charge is -2.44. The zero-order chi connectivity index (χ0) is 15.1. The van der Waals surface area contributed by atoms with Gasteiger partial charge in [0.1, 0.15) is 4.90 Å². The van der Waals surface area contributed by atoms with E-state index in [2.05, 4.69) is 18.7 Å². The summed E-state index contributed by atoms with van der Waals surface area (Å²) in [6, 6.07) is 0. The molecule has 2 rings (SSSR count). The van der Waals surface area contributed by atoms with Crippen molar-refractivity contribution >= 4 is 21.4 Å². The van der Waals surface area contributed by atoms with Gasteiger partial charge in [-0.3, -0.25) is 4.90 Å². The SMILES string of the molecule is Cc1csc(CN)c1S(=O)(=O)N1CCN(C)C(C)(C)C1. The zero-order valence-corrected chi connectivity index (χ0v) is 14.1. The molecule has 0 spiro atoms. The second kappa shape index (κ2) is 5.38. The van der Waals surface area contributed by atoms with Crippen LogP contribution in [0.1, 0.15) is 24.3 Å². The second-order valence-corrected chi connectivity index (χ2v) is 8.79. The quantitative estimate of drug-likeness (QED) is 0.910. The van der Waals surface area contributed by atoms with Gasteiger partial charge in [0.15, 0.2) is 0 Å². The Kier molecular flexibility index (Phi) is 4.28. The summed E-state index contributed by atoms with van der Waals surface area (Å²) in [5, 5.41) is 1.87. The van der Waals surface area contributed by atoms with Crippen molar-refractivity contribution in [1.82, 2.24) is 9.21 Å². The van der Waals surface area contributed by atoms with E-state index in [0.717, 1.165) is 17.0 Å². The fourth-order valence-electron chi connectivity index (χ4n) is 2.50. The molecule has 0 aromatic carbocycles. The number of nitrogens with zero attached hydrogens (tertiary/aromatic N) is 2. The largest absolute Gasteiger partial charge is 0.326 e. The van der Waals surface area contributed by atoms with Crippen LogP contribution in [0, 0.1) is 6.92 Å². The molecule has 7 heteroatoms. The summed E-state index contributed by atoms with van der Waals surface area (Å²) in [6.45, 7) is 8.02. The smallest absolute Gasteiger partial charge is 0.244 e. The van der Waals surface area contributed by atoms with Gasteiger partial charge in [0.25, 0.3) is 0 Å². The molecule has 2 N–H and O–H groups in total. The summed E-state index contributed by atoms with van der Waals surface area (Å²) in [4.78, 5) is 3.37. The lowest BCUT2D eigenvalue weighted by Crippen LogP contribution is -2.58. The maximum absolute atomic E-state index is 12.9. The van der Waals surface area contributed by atoms with E-state index in [0.29, 0.717) is 18.0 Å². The molecule has 0 saturated carbocycles. The molecule has 1 aromatic rings. The Balaban J connectivity index is 2.39. The number of piperazine rings is 1. The Bertz CT molecular complexity index is 593. The molecule has 0 radical (unpaired) electrons. The molecule has 2 heterocycles. The topological polar surface area (TPSA) is 66.6 Å². The summed E-state index contributed by atoms with van der Waals surface area (Å²) >= 11 is 1.43. The summed E-state index contributed by atoms with van der Waals surface area (Å²) in [5.74, 6) is 0. The van der Waals surface area contributed by atoms with Crippen LogP contribution < -0.4 is 5.73 Å². The van der Waals surface area contributed by atoms with E-state index >= 15 is 0 Å². The van der Waals surface area contributed by atoms with E-state index in [4.69, 9.17) is 5.73 Å². The average Bonchev–Trinajstić information content (AvgIpc) is 2.74. The third kappa shape index (κ3) is 2.65. The molecule has 0 atom stereocenters. The van der Waals surface area contributed by atoms with Gasteiger partial charge in [-0.15, -0.1) is 11.3 Å². The first kappa shape index (κ1) is 15.9. The predicted molar refractivity (Wildman–Crippen MR) is 82.4 cm³/mol. The van der Waals surface area contributed by atoms with E-state index in [9.17, 15) is 8.42 Å². The maximum atomic E-state index is 12.9. The number of nitrogens with two attached hydrogens (primary N) is 1. The van der Waals surface area contributed by atoms with Crippen molar-refractivity contribution in [3.63, 3.8) is 0 Å². The fraction of sp³-hybridized carbons (Fsp3) is 0.692. The van der Waals surface area contributed by atoms with Crippen molar-refractivity contribution in [2.45, 2.75) is 37.8 Å². The average molecular weight is 317 g/mol. The van der Waals surface area contributed by atoms with Gasteiger partial charge in [0.05, 0.1) is 0 Å². The highest BCUT2D eigenvalue weighted by Gasteiger charge is 2.38. The van der Waals surface area contributed by atoms with Crippen LogP contribution in [-0.2, 0) is 16.6 Å². The third-order valence-corrected chi connectivity index (χ3v) is 7.39. The number of rotatable bonds is 3. The molecule has 20 heavy (non-hydrogen) atoms. The lowest BCUT2D eigenvalue weighted by atomic mass is 10.0. The maximum Gasteiger partial charge on any atom is 0.244 e. The fourth-order valence-corrected chi connectivity index (χ4v) is 5.74. The molecule has 5 nitrogen and oxygen atoms in total. The zero-order valence-electron chi connectivity index (χ0n) is 12.5. The second-order valence-electron chi connectivity index (χ2n) is 5.95. The number of hydrogen-bond acceptors (Lipinski definition) is 5. The number of likely N-dealkylation sites (N-methyl/N-ethyl adjacent to an activating group) is 1. The molecular weight excluding hydrogens is 294 g/mol. The first-order valence-corrected chi connectivity index (χ1v) is 9.00. The Morgan fingerprint density at radius 2 is 2.05 bits per heavy atom. The summed E-state index contributed by atoms with van der Waals surface area (Å²) in [7, 11) is -1.42. The number of aryl methyl sites for hydroxylation is 1. The van der Waals surface area contributed by atoms with Gasteiger partial charge in [-0.2, -0.15) is 4.31 Å². The summed E-state index contributed by atoms with van der Waals surface area (Å²) in [5.41, 5.74) is 6.33. The highest BCUT2D eigenvalue weighted by Crippen LogP contribution is 2.31. The van der Waals surface area contributed by atoms with Crippen LogP contribution in [0.2, 0.25) is 0 Å². The molecule has 1 aliphatic heterocycles. The Hall–Kier alpha value is -0.470. The van der Waals surface area contributed by atoms with Crippen LogP contribution in [0.25, 0.3) is 0 Å². The van der Waals surface area contributed by atoms with Crippen molar-refractivity contribution in [1.29, 1.82) is 0 Å². The highest BCUT2D eigenvalue weighted by atomic mass is 32.2. The standard InChI is InChI=1S/C13H23N3O2S2/c1-10-8-19-11(7-14)12(10)20(17,18)16-6-5-15(4)13(2,3)9-16/h8H,5-7,9,14H2,1-4H3. The Labute approximate surface area is 125 Å². The Morgan fingerprint density at radius 1 is 1.40 bits per heavy atom. The first-order valence-electron chi connectivity index (χ1n) is 6.68. The van der Waals surface area contributed by atoms with Gasteiger partial charge in [-0.05, 0) is 38.8 Å². The van der Waals surface area contributed by atoms with E-state index in [-0.39, 0.29) is 12.1 Å². The molecule has 1 fully saturated rings. The van der Waals surface area contributed by atoms with Gasteiger partial charge < -0.3 is 5.73 Å². The third-order valence-electron chi connectivity index (χ3n) is 4.05. The molecule has 1 saturated heterocycles. The van der Waals surface area contributed by atoms with Crippen LogP contribution in [0.5, 0.6) is 0 Å². The summed E-state index contributed by atoms with van der Waals surface area (Å²) in [6.07, 6.45) is 0. The van der Waals surface area contributed by atoms with Crippen LogP contribution >= 0.6 is 11.3 Å². The number of sulfonamides is 1. The molecule has 0 unspecified atom stereocenters. The first-order chi connectivity index (χ1) is 9.20. The minimum atomic E-state index is -3.45. The van der Waals surface area contributed by atoms with Gasteiger partial charge in [0.2, 0.25) is 10.0 Å². The van der Waals surface area contributed by atoms with Crippen LogP contribution in [-0.4, -0.2) is 49.8 Å². The Morgan fingerprint density at radius 3 is 2.60 bits per heavy atom. The van der Waals surface area contributed by atoms with Crippen LogP contribution in [0.4, 0.5) is 0 Å². The van der Waals surface area contributed by atoms with E-state index in [1.54, 1.807) is 4.31 Å². The van der Waals surface area contributed by atoms with Gasteiger partial charge in [0, 0.05) is 36.6 Å². The van der Waals surface area contributed by atoms with Crippen molar-refractivity contribution in [3.8, 4) is 0 Å². The van der Waals surface area contributed by atoms with E-state index in [1.165, 1.54) is 11.3 Å². The van der Waals surface area contributed by atoms with Gasteiger partial charge >= 0.3 is 0 Å². The van der Waals surface area contributed by atoms with E-state index in [1.807, 2.05) is 19.4 Å². The molecule has 0 amide bonds. The van der Waals surface area contributed by atoms with Crippen LogP contribution in [0.15, 0.2) is 10.3 Å².